The molecule has 4 aromatic rings. The van der Waals surface area contributed by atoms with Crippen LogP contribution >= 0.6 is 23.2 Å². The van der Waals surface area contributed by atoms with E-state index in [9.17, 15) is 46.6 Å². The standard InChI is InChI=1S/C30H20Cl2F6N2O7/c31-23-13-19(29(33,34)35)3-1-17(23)9-11-45-27-15-21(39(41)42)5-7-25(27)47-26-8-6-22(40(43)44)16-28(26)46-12-10-18-2-4-20(14-24(18)32)30(36,37)38/h1-8,13-16H,9-12H2. The molecule has 0 unspecified atom stereocenters. The van der Waals surface area contributed by atoms with Crippen molar-refractivity contribution < 1.29 is 50.4 Å². The molecule has 0 amide bonds. The molecule has 9 nitrogen and oxygen atoms in total. The van der Waals surface area contributed by atoms with E-state index in [-0.39, 0.29) is 70.5 Å². The molecule has 0 spiro atoms. The van der Waals surface area contributed by atoms with Gasteiger partial charge in [-0.2, -0.15) is 26.3 Å². The summed E-state index contributed by atoms with van der Waals surface area (Å²) in [6, 6.07) is 12.3. The zero-order chi connectivity index (χ0) is 34.5. The van der Waals surface area contributed by atoms with Gasteiger partial charge in [-0.15, -0.1) is 0 Å². The summed E-state index contributed by atoms with van der Waals surface area (Å²) in [6.07, 6.45) is -9.16. The molecule has 4 rings (SSSR count). The van der Waals surface area contributed by atoms with Gasteiger partial charge < -0.3 is 14.2 Å². The lowest BCUT2D eigenvalue weighted by Gasteiger charge is -2.16. The Morgan fingerprint density at radius 2 is 0.957 bits per heavy atom. The van der Waals surface area contributed by atoms with Crippen molar-refractivity contribution in [3.63, 3.8) is 0 Å². The van der Waals surface area contributed by atoms with Crippen molar-refractivity contribution in [2.24, 2.45) is 0 Å². The molecule has 0 saturated carbocycles. The monoisotopic (exact) mass is 704 g/mol. The summed E-state index contributed by atoms with van der Waals surface area (Å²) in [5, 5.41) is 22.5. The second kappa shape index (κ2) is 14.3. The number of rotatable bonds is 12. The van der Waals surface area contributed by atoms with Gasteiger partial charge in [-0.3, -0.25) is 20.2 Å². The quantitative estimate of drug-likeness (QED) is 0.0819. The first-order chi connectivity index (χ1) is 22.0. The lowest BCUT2D eigenvalue weighted by Crippen LogP contribution is -2.07. The van der Waals surface area contributed by atoms with Crippen molar-refractivity contribution in [1.82, 2.24) is 0 Å². The summed E-state index contributed by atoms with van der Waals surface area (Å²) in [5.74, 6) is -0.469. The molecule has 0 bridgehead atoms. The third-order valence-corrected chi connectivity index (χ3v) is 7.22. The average Bonchev–Trinajstić information content (AvgIpc) is 2.98. The largest absolute Gasteiger partial charge is 0.489 e. The summed E-state index contributed by atoms with van der Waals surface area (Å²) >= 11 is 12.0. The molecule has 0 fully saturated rings. The molecule has 4 aromatic carbocycles. The normalized spacial score (nSPS) is 11.7. The maximum atomic E-state index is 13.0. The molecule has 0 radical (unpaired) electrons. The molecular weight excluding hydrogens is 685 g/mol. The molecule has 0 heterocycles. The van der Waals surface area contributed by atoms with Crippen LogP contribution in [0.4, 0.5) is 37.7 Å². The Morgan fingerprint density at radius 3 is 1.28 bits per heavy atom. The minimum atomic E-state index is -4.59. The molecule has 248 valence electrons. The molecule has 0 aromatic heterocycles. The highest BCUT2D eigenvalue weighted by atomic mass is 35.5. The van der Waals surface area contributed by atoms with E-state index in [2.05, 4.69) is 0 Å². The van der Waals surface area contributed by atoms with E-state index in [1.165, 1.54) is 24.3 Å². The van der Waals surface area contributed by atoms with Gasteiger partial charge in [0, 0.05) is 35.0 Å². The van der Waals surface area contributed by atoms with E-state index in [0.29, 0.717) is 11.1 Å². The predicted octanol–water partition coefficient (Wildman–Crippen LogP) is 9.88. The van der Waals surface area contributed by atoms with Gasteiger partial charge in [0.1, 0.15) is 0 Å². The zero-order valence-corrected chi connectivity index (χ0v) is 25.0. The van der Waals surface area contributed by atoms with Crippen LogP contribution in [0, 0.1) is 20.2 Å². The first-order valence-electron chi connectivity index (χ1n) is 13.2. The number of benzene rings is 4. The van der Waals surface area contributed by atoms with E-state index in [0.717, 1.165) is 48.5 Å². The lowest BCUT2D eigenvalue weighted by atomic mass is 10.1. The summed E-state index contributed by atoms with van der Waals surface area (Å²) < 4.78 is 95.1. The van der Waals surface area contributed by atoms with Crippen LogP contribution in [0.1, 0.15) is 22.3 Å². The fourth-order valence-electron chi connectivity index (χ4n) is 4.13. The SMILES string of the molecule is O=[N+]([O-])c1ccc(Oc2ccc([N+](=O)[O-])cc2OCCc2ccc(C(F)(F)F)cc2Cl)c(OCCc2ccc(C(F)(F)F)cc2Cl)c1. The number of hydrogen-bond donors (Lipinski definition) is 0. The van der Waals surface area contributed by atoms with Gasteiger partial charge in [0.05, 0.1) is 46.3 Å². The maximum Gasteiger partial charge on any atom is 0.416 e. The van der Waals surface area contributed by atoms with Gasteiger partial charge in [-0.05, 0) is 47.5 Å². The Hall–Kier alpha value is -4.76. The number of ether oxygens (including phenoxy) is 3. The molecular formula is C30H20Cl2F6N2O7. The Kier molecular flexibility index (Phi) is 10.7. The molecule has 0 aliphatic heterocycles. The van der Waals surface area contributed by atoms with Crippen molar-refractivity contribution in [1.29, 1.82) is 0 Å². The lowest BCUT2D eigenvalue weighted by molar-refractivity contribution is -0.385. The van der Waals surface area contributed by atoms with Crippen molar-refractivity contribution in [2.45, 2.75) is 25.2 Å². The van der Waals surface area contributed by atoms with Crippen LogP contribution in [0.25, 0.3) is 0 Å². The van der Waals surface area contributed by atoms with Crippen LogP contribution in [0.15, 0.2) is 72.8 Å². The Balaban J connectivity index is 1.54. The summed E-state index contributed by atoms with van der Waals surface area (Å²) in [5.41, 5.74) is -2.02. The van der Waals surface area contributed by atoms with E-state index < -0.39 is 33.3 Å². The van der Waals surface area contributed by atoms with E-state index >= 15 is 0 Å². The van der Waals surface area contributed by atoms with Crippen molar-refractivity contribution in [3.8, 4) is 23.0 Å². The smallest absolute Gasteiger partial charge is 0.416 e. The first kappa shape index (κ1) is 35.1. The Morgan fingerprint density at radius 1 is 0.574 bits per heavy atom. The third-order valence-electron chi connectivity index (χ3n) is 6.51. The van der Waals surface area contributed by atoms with Crippen LogP contribution in [-0.2, 0) is 25.2 Å². The van der Waals surface area contributed by atoms with E-state index in [4.69, 9.17) is 37.4 Å². The predicted molar refractivity (Wildman–Crippen MR) is 158 cm³/mol. The van der Waals surface area contributed by atoms with Crippen LogP contribution in [0.2, 0.25) is 10.0 Å². The van der Waals surface area contributed by atoms with Gasteiger partial charge in [0.25, 0.3) is 11.4 Å². The van der Waals surface area contributed by atoms with Crippen molar-refractivity contribution in [2.75, 3.05) is 13.2 Å². The number of non-ortho nitro benzene ring substituents is 2. The topological polar surface area (TPSA) is 114 Å². The summed E-state index contributed by atoms with van der Waals surface area (Å²) in [7, 11) is 0. The number of hydrogen-bond acceptors (Lipinski definition) is 7. The van der Waals surface area contributed by atoms with E-state index in [1.807, 2.05) is 0 Å². The summed E-state index contributed by atoms with van der Waals surface area (Å²) in [4.78, 5) is 21.4. The molecule has 17 heteroatoms. The van der Waals surface area contributed by atoms with Crippen LogP contribution in [-0.4, -0.2) is 23.1 Å². The zero-order valence-electron chi connectivity index (χ0n) is 23.5. The molecule has 0 saturated heterocycles. The minimum absolute atomic E-state index is 0.0114. The van der Waals surface area contributed by atoms with Gasteiger partial charge >= 0.3 is 12.4 Å². The number of nitro groups is 2. The van der Waals surface area contributed by atoms with Crippen LogP contribution < -0.4 is 14.2 Å². The molecule has 0 aliphatic carbocycles. The van der Waals surface area contributed by atoms with Crippen molar-refractivity contribution >= 4 is 34.6 Å². The van der Waals surface area contributed by atoms with Crippen molar-refractivity contribution in [3.05, 3.63) is 125 Å². The van der Waals surface area contributed by atoms with E-state index in [1.54, 1.807) is 0 Å². The fourth-order valence-corrected chi connectivity index (χ4v) is 4.68. The Labute approximate surface area is 271 Å². The molecule has 47 heavy (non-hydrogen) atoms. The number of nitrogens with zero attached hydrogens (tertiary/aromatic N) is 2. The number of nitro benzene ring substituents is 2. The second-order valence-electron chi connectivity index (χ2n) is 9.68. The minimum Gasteiger partial charge on any atom is -0.489 e. The van der Waals surface area contributed by atoms with Gasteiger partial charge in [-0.25, -0.2) is 0 Å². The molecule has 0 atom stereocenters. The van der Waals surface area contributed by atoms with Gasteiger partial charge in [-0.1, -0.05) is 35.3 Å². The highest BCUT2D eigenvalue weighted by molar-refractivity contribution is 6.31. The number of alkyl halides is 6. The highest BCUT2D eigenvalue weighted by Crippen LogP contribution is 2.40. The molecule has 0 aliphatic rings. The second-order valence-corrected chi connectivity index (χ2v) is 10.5. The fraction of sp³-hybridized carbons (Fsp3) is 0.200. The Bertz CT molecular complexity index is 1670. The summed E-state index contributed by atoms with van der Waals surface area (Å²) in [6.45, 7) is -0.389. The highest BCUT2D eigenvalue weighted by Gasteiger charge is 2.31. The van der Waals surface area contributed by atoms with Gasteiger partial charge in [0.15, 0.2) is 23.0 Å². The van der Waals surface area contributed by atoms with Crippen LogP contribution in [0.5, 0.6) is 23.0 Å². The van der Waals surface area contributed by atoms with Gasteiger partial charge in [0.2, 0.25) is 0 Å². The first-order valence-corrected chi connectivity index (χ1v) is 14.0. The average molecular weight is 705 g/mol. The number of halogens is 8. The maximum absolute atomic E-state index is 13.0. The van der Waals surface area contributed by atoms with Crippen LogP contribution in [0.3, 0.4) is 0 Å². The third kappa shape index (κ3) is 9.16. The molecule has 0 N–H and O–H groups in total.